The molecule has 0 spiro atoms. The quantitative estimate of drug-likeness (QED) is 0.690. The number of amides is 1. The number of anilines is 2. The van der Waals surface area contributed by atoms with Crippen molar-refractivity contribution >= 4 is 28.3 Å². The summed E-state index contributed by atoms with van der Waals surface area (Å²) >= 11 is 0. The van der Waals surface area contributed by atoms with Gasteiger partial charge in [0.1, 0.15) is 5.82 Å². The summed E-state index contributed by atoms with van der Waals surface area (Å²) in [6, 6.07) is 11.3. The number of nitrogens with zero attached hydrogens (tertiary/aromatic N) is 1. The molecule has 1 amide bonds. The van der Waals surface area contributed by atoms with Crippen LogP contribution in [-0.4, -0.2) is 16.1 Å². The number of fused-ring (bicyclic) bond motifs is 1. The van der Waals surface area contributed by atoms with E-state index in [-0.39, 0.29) is 18.1 Å². The molecule has 1 heterocycles. The minimum Gasteiger partial charge on any atom is -0.382 e. The van der Waals surface area contributed by atoms with Crippen LogP contribution in [0, 0.1) is 5.82 Å². The molecule has 0 atom stereocenters. The van der Waals surface area contributed by atoms with E-state index in [0.29, 0.717) is 17.1 Å². The van der Waals surface area contributed by atoms with E-state index in [1.165, 1.54) is 12.1 Å². The Morgan fingerprint density at radius 1 is 1.29 bits per heavy atom. The Morgan fingerprint density at radius 2 is 2.14 bits per heavy atom. The number of aromatic amines is 1. The Bertz CT molecular complexity index is 812. The lowest BCUT2D eigenvalue weighted by atomic mass is 10.1. The van der Waals surface area contributed by atoms with E-state index in [1.807, 2.05) is 0 Å². The number of aromatic nitrogens is 2. The summed E-state index contributed by atoms with van der Waals surface area (Å²) in [7, 11) is 0. The zero-order valence-corrected chi connectivity index (χ0v) is 11.1. The lowest BCUT2D eigenvalue weighted by molar-refractivity contribution is -0.115. The first-order chi connectivity index (χ1) is 10.1. The van der Waals surface area contributed by atoms with Gasteiger partial charge in [0.25, 0.3) is 0 Å². The van der Waals surface area contributed by atoms with Crippen LogP contribution in [0.4, 0.5) is 15.9 Å². The fraction of sp³-hybridized carbons (Fsp3) is 0.0667. The van der Waals surface area contributed by atoms with Crippen molar-refractivity contribution in [2.75, 3.05) is 11.1 Å². The van der Waals surface area contributed by atoms with Crippen LogP contribution in [0.2, 0.25) is 0 Å². The van der Waals surface area contributed by atoms with Gasteiger partial charge in [-0.15, -0.1) is 0 Å². The SMILES string of the molecule is Nc1n[nH]c2cc(NC(=O)Cc3cccc(F)c3)ccc12. The molecule has 0 radical (unpaired) electrons. The number of hydrogen-bond donors (Lipinski definition) is 3. The molecule has 21 heavy (non-hydrogen) atoms. The van der Waals surface area contributed by atoms with Crippen molar-refractivity contribution in [2.24, 2.45) is 0 Å². The molecule has 0 saturated heterocycles. The average molecular weight is 284 g/mol. The van der Waals surface area contributed by atoms with Crippen molar-refractivity contribution in [3.05, 3.63) is 53.8 Å². The normalized spacial score (nSPS) is 10.7. The smallest absolute Gasteiger partial charge is 0.228 e. The summed E-state index contributed by atoms with van der Waals surface area (Å²) in [5.74, 6) is -0.148. The van der Waals surface area contributed by atoms with Crippen LogP contribution in [-0.2, 0) is 11.2 Å². The second-order valence-electron chi connectivity index (χ2n) is 4.72. The van der Waals surface area contributed by atoms with Gasteiger partial charge in [0.15, 0.2) is 5.82 Å². The fourth-order valence-corrected chi connectivity index (χ4v) is 2.16. The van der Waals surface area contributed by atoms with Gasteiger partial charge in [-0.25, -0.2) is 4.39 Å². The first kappa shape index (κ1) is 13.1. The molecular formula is C15H13FN4O. The predicted octanol–water partition coefficient (Wildman–Crippen LogP) is 2.47. The number of rotatable bonds is 3. The highest BCUT2D eigenvalue weighted by Crippen LogP contribution is 2.21. The van der Waals surface area contributed by atoms with Gasteiger partial charge < -0.3 is 11.1 Å². The van der Waals surface area contributed by atoms with Crippen molar-refractivity contribution in [3.8, 4) is 0 Å². The van der Waals surface area contributed by atoms with Crippen molar-refractivity contribution in [3.63, 3.8) is 0 Å². The van der Waals surface area contributed by atoms with Crippen LogP contribution >= 0.6 is 0 Å². The molecule has 3 rings (SSSR count). The molecule has 2 aromatic carbocycles. The zero-order chi connectivity index (χ0) is 14.8. The molecule has 4 N–H and O–H groups in total. The minimum atomic E-state index is -0.352. The topological polar surface area (TPSA) is 83.8 Å². The second-order valence-corrected chi connectivity index (χ2v) is 4.72. The van der Waals surface area contributed by atoms with Crippen LogP contribution < -0.4 is 11.1 Å². The molecule has 1 aromatic heterocycles. The molecule has 0 aliphatic rings. The van der Waals surface area contributed by atoms with Gasteiger partial charge in [-0.3, -0.25) is 9.89 Å². The Hall–Kier alpha value is -2.89. The van der Waals surface area contributed by atoms with Crippen LogP contribution in [0.1, 0.15) is 5.56 Å². The number of H-pyrrole nitrogens is 1. The molecule has 0 unspecified atom stereocenters. The molecule has 106 valence electrons. The van der Waals surface area contributed by atoms with Crippen LogP contribution in [0.3, 0.4) is 0 Å². The Balaban J connectivity index is 1.73. The number of nitrogens with two attached hydrogens (primary N) is 1. The highest BCUT2D eigenvalue weighted by Gasteiger charge is 2.07. The third-order valence-electron chi connectivity index (χ3n) is 3.13. The molecule has 0 saturated carbocycles. The molecule has 6 heteroatoms. The van der Waals surface area contributed by atoms with E-state index in [9.17, 15) is 9.18 Å². The summed E-state index contributed by atoms with van der Waals surface area (Å²) in [6.45, 7) is 0. The molecule has 0 aliphatic heterocycles. The third-order valence-corrected chi connectivity index (χ3v) is 3.13. The first-order valence-corrected chi connectivity index (χ1v) is 6.40. The van der Waals surface area contributed by atoms with Gasteiger partial charge in [-0.05, 0) is 35.9 Å². The largest absolute Gasteiger partial charge is 0.382 e. The van der Waals surface area contributed by atoms with E-state index in [1.54, 1.807) is 30.3 Å². The van der Waals surface area contributed by atoms with Gasteiger partial charge >= 0.3 is 0 Å². The van der Waals surface area contributed by atoms with E-state index in [2.05, 4.69) is 15.5 Å². The van der Waals surface area contributed by atoms with E-state index < -0.39 is 0 Å². The van der Waals surface area contributed by atoms with Crippen molar-refractivity contribution in [2.45, 2.75) is 6.42 Å². The maximum absolute atomic E-state index is 13.1. The molecule has 0 aliphatic carbocycles. The van der Waals surface area contributed by atoms with E-state index in [4.69, 9.17) is 5.73 Å². The van der Waals surface area contributed by atoms with E-state index >= 15 is 0 Å². The van der Waals surface area contributed by atoms with Crippen LogP contribution in [0.5, 0.6) is 0 Å². The number of hydrogen-bond acceptors (Lipinski definition) is 3. The lowest BCUT2D eigenvalue weighted by Gasteiger charge is -2.05. The van der Waals surface area contributed by atoms with Gasteiger partial charge in [-0.2, -0.15) is 5.10 Å². The summed E-state index contributed by atoms with van der Waals surface area (Å²) in [4.78, 5) is 12.0. The highest BCUT2D eigenvalue weighted by molar-refractivity contribution is 5.96. The number of carbonyl (C=O) groups excluding carboxylic acids is 1. The molecule has 0 fully saturated rings. The minimum absolute atomic E-state index is 0.112. The summed E-state index contributed by atoms with van der Waals surface area (Å²) in [5, 5.41) is 10.2. The Kier molecular flexibility index (Phi) is 3.27. The summed E-state index contributed by atoms with van der Waals surface area (Å²) in [5.41, 5.74) is 7.68. The fourth-order valence-electron chi connectivity index (χ4n) is 2.16. The molecule has 3 aromatic rings. The predicted molar refractivity (Wildman–Crippen MR) is 79.2 cm³/mol. The average Bonchev–Trinajstić information content (AvgIpc) is 2.80. The molecule has 0 bridgehead atoms. The van der Waals surface area contributed by atoms with Crippen molar-refractivity contribution in [1.29, 1.82) is 0 Å². The Morgan fingerprint density at radius 3 is 2.95 bits per heavy atom. The molecular weight excluding hydrogens is 271 g/mol. The van der Waals surface area contributed by atoms with Gasteiger partial charge in [0.05, 0.1) is 11.9 Å². The van der Waals surface area contributed by atoms with E-state index in [0.717, 1.165) is 10.9 Å². The molecule has 5 nitrogen and oxygen atoms in total. The standard InChI is InChI=1S/C15H13FN4O/c16-10-3-1-2-9(6-10)7-14(21)18-11-4-5-12-13(8-11)19-20-15(12)17/h1-6,8H,7H2,(H,18,21)(H3,17,19,20). The van der Waals surface area contributed by atoms with Gasteiger partial charge in [0.2, 0.25) is 5.91 Å². The summed E-state index contributed by atoms with van der Waals surface area (Å²) < 4.78 is 13.1. The maximum Gasteiger partial charge on any atom is 0.228 e. The highest BCUT2D eigenvalue weighted by atomic mass is 19.1. The number of nitrogen functional groups attached to an aromatic ring is 1. The first-order valence-electron chi connectivity index (χ1n) is 6.40. The second kappa shape index (κ2) is 5.24. The van der Waals surface area contributed by atoms with Crippen LogP contribution in [0.15, 0.2) is 42.5 Å². The number of nitrogens with one attached hydrogen (secondary N) is 2. The third kappa shape index (κ3) is 2.84. The Labute approximate surface area is 120 Å². The van der Waals surface area contributed by atoms with Crippen LogP contribution in [0.25, 0.3) is 10.9 Å². The zero-order valence-electron chi connectivity index (χ0n) is 11.1. The van der Waals surface area contributed by atoms with Crippen molar-refractivity contribution < 1.29 is 9.18 Å². The number of halogens is 1. The van der Waals surface area contributed by atoms with Crippen molar-refractivity contribution in [1.82, 2.24) is 10.2 Å². The number of carbonyl (C=O) groups is 1. The number of benzene rings is 2. The maximum atomic E-state index is 13.1. The summed E-state index contributed by atoms with van der Waals surface area (Å²) in [6.07, 6.45) is 0.112. The monoisotopic (exact) mass is 284 g/mol. The van der Waals surface area contributed by atoms with Gasteiger partial charge in [-0.1, -0.05) is 12.1 Å². The van der Waals surface area contributed by atoms with Gasteiger partial charge in [0, 0.05) is 11.1 Å². The lowest BCUT2D eigenvalue weighted by Crippen LogP contribution is -2.14.